The minimum atomic E-state index is -0.543. The highest BCUT2D eigenvalue weighted by Crippen LogP contribution is 2.49. The van der Waals surface area contributed by atoms with E-state index in [1.807, 2.05) is 0 Å². The van der Waals surface area contributed by atoms with Crippen molar-refractivity contribution in [2.45, 2.75) is 31.5 Å². The first kappa shape index (κ1) is 8.92. The average molecular weight is 204 g/mol. The van der Waals surface area contributed by atoms with Gasteiger partial charge in [-0.05, 0) is 37.5 Å². The lowest BCUT2D eigenvalue weighted by Crippen LogP contribution is -2.21. The number of ketones is 1. The molecule has 2 aliphatic rings. The van der Waals surface area contributed by atoms with E-state index in [0.717, 1.165) is 18.4 Å². The van der Waals surface area contributed by atoms with E-state index in [1.165, 1.54) is 0 Å². The first-order valence-electron chi connectivity index (χ1n) is 5.18. The zero-order valence-electron chi connectivity index (χ0n) is 8.49. The second kappa shape index (κ2) is 2.61. The van der Waals surface area contributed by atoms with E-state index in [1.54, 1.807) is 25.1 Å². The lowest BCUT2D eigenvalue weighted by molar-refractivity contribution is 0.0820. The summed E-state index contributed by atoms with van der Waals surface area (Å²) < 4.78 is 5.62. The van der Waals surface area contributed by atoms with Crippen LogP contribution in [-0.2, 0) is 0 Å². The number of carbonyl (C=O) groups excluding carboxylic acids is 1. The molecule has 1 spiro atoms. The smallest absolute Gasteiger partial charge is 0.210 e. The molecule has 0 bridgehead atoms. The van der Waals surface area contributed by atoms with Gasteiger partial charge < -0.3 is 9.84 Å². The molecule has 0 aromatic heterocycles. The monoisotopic (exact) mass is 204 g/mol. The Morgan fingerprint density at radius 3 is 2.80 bits per heavy atom. The minimum Gasteiger partial charge on any atom is -0.478 e. The van der Waals surface area contributed by atoms with Crippen LogP contribution in [0.15, 0.2) is 18.2 Å². The SMILES string of the molecule is CC(O)c1ccc2c(c1)C(=O)C1(CC1)O2. The molecule has 1 aliphatic heterocycles. The third kappa shape index (κ3) is 1.13. The van der Waals surface area contributed by atoms with Crippen LogP contribution >= 0.6 is 0 Å². The van der Waals surface area contributed by atoms with Crippen LogP contribution < -0.4 is 4.74 Å². The lowest BCUT2D eigenvalue weighted by atomic mass is 10.0. The van der Waals surface area contributed by atoms with Crippen LogP contribution in [0.4, 0.5) is 0 Å². The van der Waals surface area contributed by atoms with Gasteiger partial charge in [-0.2, -0.15) is 0 Å². The first-order chi connectivity index (χ1) is 7.12. The minimum absolute atomic E-state index is 0.0833. The fraction of sp³-hybridized carbons (Fsp3) is 0.417. The summed E-state index contributed by atoms with van der Waals surface area (Å²) in [4.78, 5) is 11.9. The Balaban J connectivity index is 2.08. The van der Waals surface area contributed by atoms with Crippen molar-refractivity contribution in [3.8, 4) is 5.75 Å². The van der Waals surface area contributed by atoms with Crippen molar-refractivity contribution in [3.63, 3.8) is 0 Å². The quantitative estimate of drug-likeness (QED) is 0.759. The van der Waals surface area contributed by atoms with Gasteiger partial charge in [0.2, 0.25) is 5.78 Å². The van der Waals surface area contributed by atoms with Crippen molar-refractivity contribution < 1.29 is 14.6 Å². The summed E-state index contributed by atoms with van der Waals surface area (Å²) in [5, 5.41) is 9.43. The molecule has 0 radical (unpaired) electrons. The molecular weight excluding hydrogens is 192 g/mol. The van der Waals surface area contributed by atoms with E-state index in [0.29, 0.717) is 11.3 Å². The fourth-order valence-corrected chi connectivity index (χ4v) is 2.02. The maximum Gasteiger partial charge on any atom is 0.210 e. The highest BCUT2D eigenvalue weighted by atomic mass is 16.5. The molecule has 1 N–H and O–H groups in total. The maximum absolute atomic E-state index is 11.9. The Labute approximate surface area is 87.7 Å². The molecule has 1 saturated carbocycles. The Morgan fingerprint density at radius 2 is 2.20 bits per heavy atom. The Morgan fingerprint density at radius 1 is 1.47 bits per heavy atom. The van der Waals surface area contributed by atoms with Gasteiger partial charge in [-0.25, -0.2) is 0 Å². The van der Waals surface area contributed by atoms with Crippen molar-refractivity contribution in [2.75, 3.05) is 0 Å². The second-order valence-electron chi connectivity index (χ2n) is 4.36. The molecule has 1 heterocycles. The van der Waals surface area contributed by atoms with Crippen LogP contribution in [0.5, 0.6) is 5.75 Å². The van der Waals surface area contributed by atoms with Gasteiger partial charge in [0.25, 0.3) is 0 Å². The van der Waals surface area contributed by atoms with Gasteiger partial charge in [0.05, 0.1) is 11.7 Å². The fourth-order valence-electron chi connectivity index (χ4n) is 2.02. The van der Waals surface area contributed by atoms with Crippen molar-refractivity contribution in [3.05, 3.63) is 29.3 Å². The molecular formula is C12H12O3. The first-order valence-corrected chi connectivity index (χ1v) is 5.18. The van der Waals surface area contributed by atoms with E-state index >= 15 is 0 Å². The van der Waals surface area contributed by atoms with Crippen LogP contribution in [0.3, 0.4) is 0 Å². The number of hydrogen-bond acceptors (Lipinski definition) is 3. The third-order valence-corrected chi connectivity index (χ3v) is 3.15. The maximum atomic E-state index is 11.9. The van der Waals surface area contributed by atoms with Gasteiger partial charge in [0.15, 0.2) is 5.60 Å². The molecule has 1 aliphatic carbocycles. The van der Waals surface area contributed by atoms with Crippen LogP contribution in [0.25, 0.3) is 0 Å². The zero-order chi connectivity index (χ0) is 10.6. The number of hydrogen-bond donors (Lipinski definition) is 1. The highest BCUT2D eigenvalue weighted by molar-refractivity contribution is 6.09. The normalized spacial score (nSPS) is 22.4. The number of Topliss-reactive ketones (excluding diaryl/α,β-unsaturated/α-hetero) is 1. The average Bonchev–Trinajstić information content (AvgIpc) is 2.92. The van der Waals surface area contributed by atoms with Crippen molar-refractivity contribution >= 4 is 5.78 Å². The standard InChI is InChI=1S/C12H12O3/c1-7(13)8-2-3-10-9(6-8)11(14)12(15-10)4-5-12/h2-3,6-7,13H,4-5H2,1H3. The van der Waals surface area contributed by atoms with Gasteiger partial charge in [0, 0.05) is 0 Å². The highest BCUT2D eigenvalue weighted by Gasteiger charge is 2.57. The predicted molar refractivity (Wildman–Crippen MR) is 54.0 cm³/mol. The van der Waals surface area contributed by atoms with Gasteiger partial charge in [-0.1, -0.05) is 6.07 Å². The molecule has 3 heteroatoms. The summed E-state index contributed by atoms with van der Waals surface area (Å²) in [7, 11) is 0. The molecule has 1 unspecified atom stereocenters. The Bertz CT molecular complexity index is 444. The molecule has 0 saturated heterocycles. The van der Waals surface area contributed by atoms with Crippen LogP contribution in [0, 0.1) is 0 Å². The number of aliphatic hydroxyl groups excluding tert-OH is 1. The number of benzene rings is 1. The lowest BCUT2D eigenvalue weighted by Gasteiger charge is -2.05. The molecule has 1 fully saturated rings. The second-order valence-corrected chi connectivity index (χ2v) is 4.36. The third-order valence-electron chi connectivity index (χ3n) is 3.15. The van der Waals surface area contributed by atoms with Crippen molar-refractivity contribution in [1.82, 2.24) is 0 Å². The Kier molecular flexibility index (Phi) is 1.55. The van der Waals surface area contributed by atoms with Gasteiger partial charge >= 0.3 is 0 Å². The molecule has 0 amide bonds. The molecule has 1 aromatic rings. The number of aliphatic hydroxyl groups is 1. The van der Waals surface area contributed by atoms with Crippen molar-refractivity contribution in [2.24, 2.45) is 0 Å². The van der Waals surface area contributed by atoms with Gasteiger partial charge in [-0.15, -0.1) is 0 Å². The predicted octanol–water partition coefficient (Wildman–Crippen LogP) is 1.85. The number of fused-ring (bicyclic) bond motifs is 1. The molecule has 3 rings (SSSR count). The summed E-state index contributed by atoms with van der Waals surface area (Å²) in [6, 6.07) is 5.33. The van der Waals surface area contributed by atoms with Crippen LogP contribution in [0.2, 0.25) is 0 Å². The van der Waals surface area contributed by atoms with Crippen LogP contribution in [-0.4, -0.2) is 16.5 Å². The largest absolute Gasteiger partial charge is 0.478 e. The number of ether oxygens (including phenoxy) is 1. The zero-order valence-corrected chi connectivity index (χ0v) is 8.49. The summed E-state index contributed by atoms with van der Waals surface area (Å²) in [5.41, 5.74) is 0.869. The van der Waals surface area contributed by atoms with E-state index in [-0.39, 0.29) is 5.78 Å². The topological polar surface area (TPSA) is 46.5 Å². The summed E-state index contributed by atoms with van der Waals surface area (Å²) in [5.74, 6) is 0.752. The van der Waals surface area contributed by atoms with Gasteiger partial charge in [0.1, 0.15) is 5.75 Å². The Hall–Kier alpha value is -1.35. The van der Waals surface area contributed by atoms with E-state index in [4.69, 9.17) is 4.74 Å². The van der Waals surface area contributed by atoms with Crippen LogP contribution in [0.1, 0.15) is 41.8 Å². The molecule has 1 aromatic carbocycles. The summed E-state index contributed by atoms with van der Waals surface area (Å²) in [6.45, 7) is 1.69. The summed E-state index contributed by atoms with van der Waals surface area (Å²) in [6.07, 6.45) is 1.11. The van der Waals surface area contributed by atoms with E-state index in [2.05, 4.69) is 0 Å². The molecule has 3 nitrogen and oxygen atoms in total. The van der Waals surface area contributed by atoms with Gasteiger partial charge in [-0.3, -0.25) is 4.79 Å². The number of carbonyl (C=O) groups is 1. The summed E-state index contributed by atoms with van der Waals surface area (Å²) >= 11 is 0. The molecule has 1 atom stereocenters. The van der Waals surface area contributed by atoms with E-state index in [9.17, 15) is 9.90 Å². The molecule has 78 valence electrons. The number of rotatable bonds is 1. The molecule has 15 heavy (non-hydrogen) atoms. The van der Waals surface area contributed by atoms with Crippen molar-refractivity contribution in [1.29, 1.82) is 0 Å². The van der Waals surface area contributed by atoms with E-state index < -0.39 is 11.7 Å².